The van der Waals surface area contributed by atoms with E-state index in [0.717, 1.165) is 16.5 Å². The summed E-state index contributed by atoms with van der Waals surface area (Å²) in [7, 11) is 0. The molecule has 2 atom stereocenters. The number of ether oxygens (including phenoxy) is 1. The first kappa shape index (κ1) is 14.8. The molecule has 0 radical (unpaired) electrons. The van der Waals surface area contributed by atoms with Crippen molar-refractivity contribution in [1.29, 1.82) is 0 Å². The summed E-state index contributed by atoms with van der Waals surface area (Å²) < 4.78 is 19.3. The Morgan fingerprint density at radius 2 is 2.05 bits per heavy atom. The van der Waals surface area contributed by atoms with Crippen LogP contribution in [0.3, 0.4) is 0 Å². The zero-order valence-electron chi connectivity index (χ0n) is 12.2. The van der Waals surface area contributed by atoms with Gasteiger partial charge >= 0.3 is 0 Å². The summed E-state index contributed by atoms with van der Waals surface area (Å²) in [6.45, 7) is 1.12. The molecule has 1 amide bonds. The van der Waals surface area contributed by atoms with Crippen LogP contribution in [-0.4, -0.2) is 42.7 Å². The monoisotopic (exact) mass is 302 g/mol. The van der Waals surface area contributed by atoms with Crippen LogP contribution in [0.15, 0.2) is 42.5 Å². The SMILES string of the molecule is NC(=O)[C@@H]1C[C@@H](F)CN1CCOc1cccc2ccccc12. The van der Waals surface area contributed by atoms with E-state index < -0.39 is 18.1 Å². The third kappa shape index (κ3) is 3.04. The quantitative estimate of drug-likeness (QED) is 0.920. The molecule has 5 heteroatoms. The first-order chi connectivity index (χ1) is 10.6. The summed E-state index contributed by atoms with van der Waals surface area (Å²) in [5, 5.41) is 2.15. The second-order valence-electron chi connectivity index (χ2n) is 5.57. The van der Waals surface area contributed by atoms with Crippen LogP contribution in [0.2, 0.25) is 0 Å². The molecule has 0 saturated carbocycles. The maximum absolute atomic E-state index is 13.5. The predicted molar refractivity (Wildman–Crippen MR) is 83.5 cm³/mol. The molecule has 2 aromatic carbocycles. The molecule has 0 aliphatic carbocycles. The van der Waals surface area contributed by atoms with Crippen LogP contribution < -0.4 is 10.5 Å². The van der Waals surface area contributed by atoms with Crippen molar-refractivity contribution in [3.8, 4) is 5.75 Å². The van der Waals surface area contributed by atoms with Crippen LogP contribution in [0.25, 0.3) is 10.8 Å². The molecular formula is C17H19FN2O2. The number of primary amides is 1. The lowest BCUT2D eigenvalue weighted by Gasteiger charge is -2.21. The number of carbonyl (C=O) groups excluding carboxylic acids is 1. The van der Waals surface area contributed by atoms with Gasteiger partial charge < -0.3 is 10.5 Å². The maximum Gasteiger partial charge on any atom is 0.234 e. The molecule has 0 spiro atoms. The van der Waals surface area contributed by atoms with E-state index in [1.807, 2.05) is 42.5 Å². The number of carbonyl (C=O) groups is 1. The number of nitrogens with zero attached hydrogens (tertiary/aromatic N) is 1. The van der Waals surface area contributed by atoms with E-state index in [1.165, 1.54) is 0 Å². The molecule has 1 aliphatic heterocycles. The van der Waals surface area contributed by atoms with Gasteiger partial charge in [0.2, 0.25) is 5.91 Å². The lowest BCUT2D eigenvalue weighted by Crippen LogP contribution is -2.42. The van der Waals surface area contributed by atoms with E-state index in [-0.39, 0.29) is 13.0 Å². The standard InChI is InChI=1S/C17H19FN2O2/c18-13-10-15(17(19)21)20(11-13)8-9-22-16-7-3-5-12-4-1-2-6-14(12)16/h1-7,13,15H,8-11H2,(H2,19,21)/t13-,15+/m1/s1. The van der Waals surface area contributed by atoms with Crippen molar-refractivity contribution >= 4 is 16.7 Å². The van der Waals surface area contributed by atoms with Crippen LogP contribution in [0, 0.1) is 0 Å². The van der Waals surface area contributed by atoms with Gasteiger partial charge in [0.1, 0.15) is 18.5 Å². The molecule has 1 saturated heterocycles. The first-order valence-electron chi connectivity index (χ1n) is 7.43. The van der Waals surface area contributed by atoms with Crippen molar-refractivity contribution in [3.63, 3.8) is 0 Å². The fourth-order valence-corrected chi connectivity index (χ4v) is 2.99. The Kier molecular flexibility index (Phi) is 4.24. The minimum atomic E-state index is -0.991. The Labute approximate surface area is 128 Å². The van der Waals surface area contributed by atoms with E-state index in [9.17, 15) is 9.18 Å². The molecule has 1 fully saturated rings. The van der Waals surface area contributed by atoms with E-state index in [0.29, 0.717) is 13.2 Å². The van der Waals surface area contributed by atoms with Crippen molar-refractivity contribution in [2.75, 3.05) is 19.7 Å². The second kappa shape index (κ2) is 6.32. The van der Waals surface area contributed by atoms with E-state index >= 15 is 0 Å². The summed E-state index contributed by atoms with van der Waals surface area (Å²) in [5.41, 5.74) is 5.32. The molecule has 0 aromatic heterocycles. The average molecular weight is 302 g/mol. The molecule has 22 heavy (non-hydrogen) atoms. The van der Waals surface area contributed by atoms with Gasteiger partial charge in [0.05, 0.1) is 6.04 Å². The van der Waals surface area contributed by atoms with Crippen LogP contribution in [-0.2, 0) is 4.79 Å². The highest BCUT2D eigenvalue weighted by Crippen LogP contribution is 2.25. The van der Waals surface area contributed by atoms with Crippen molar-refractivity contribution in [2.24, 2.45) is 5.73 Å². The maximum atomic E-state index is 13.5. The van der Waals surface area contributed by atoms with Crippen LogP contribution in [0.1, 0.15) is 6.42 Å². The van der Waals surface area contributed by atoms with Gasteiger partial charge in [-0.3, -0.25) is 9.69 Å². The van der Waals surface area contributed by atoms with Crippen molar-refractivity contribution < 1.29 is 13.9 Å². The van der Waals surface area contributed by atoms with Crippen LogP contribution in [0.4, 0.5) is 4.39 Å². The summed E-state index contributed by atoms with van der Waals surface area (Å²) in [6, 6.07) is 13.3. The molecule has 1 aliphatic rings. The van der Waals surface area contributed by atoms with Gasteiger partial charge in [-0.15, -0.1) is 0 Å². The Balaban J connectivity index is 1.64. The van der Waals surface area contributed by atoms with Gasteiger partial charge in [-0.25, -0.2) is 4.39 Å². The smallest absolute Gasteiger partial charge is 0.234 e. The average Bonchev–Trinajstić information content (AvgIpc) is 2.89. The Morgan fingerprint density at radius 3 is 2.86 bits per heavy atom. The number of hydrogen-bond acceptors (Lipinski definition) is 3. The number of hydrogen-bond donors (Lipinski definition) is 1. The normalized spacial score (nSPS) is 22.0. The summed E-state index contributed by atoms with van der Waals surface area (Å²) in [6.07, 6.45) is -0.807. The Hall–Kier alpha value is -2.14. The fourth-order valence-electron chi connectivity index (χ4n) is 2.99. The third-order valence-electron chi connectivity index (χ3n) is 4.07. The summed E-state index contributed by atoms with van der Waals surface area (Å²) >= 11 is 0. The van der Waals surface area contributed by atoms with Crippen molar-refractivity contribution in [3.05, 3.63) is 42.5 Å². The highest BCUT2D eigenvalue weighted by Gasteiger charge is 2.35. The third-order valence-corrected chi connectivity index (χ3v) is 4.07. The molecule has 4 nitrogen and oxygen atoms in total. The molecule has 0 bridgehead atoms. The lowest BCUT2D eigenvalue weighted by molar-refractivity contribution is -0.122. The van der Waals surface area contributed by atoms with Crippen molar-refractivity contribution in [2.45, 2.75) is 18.6 Å². The molecule has 3 rings (SSSR count). The van der Waals surface area contributed by atoms with Crippen LogP contribution >= 0.6 is 0 Å². The minimum absolute atomic E-state index is 0.184. The number of benzene rings is 2. The number of rotatable bonds is 5. The number of halogens is 1. The van der Waals surface area contributed by atoms with Gasteiger partial charge in [0.25, 0.3) is 0 Å². The predicted octanol–water partition coefficient (Wildman–Crippen LogP) is 2.12. The molecule has 2 N–H and O–H groups in total. The molecule has 2 aromatic rings. The lowest BCUT2D eigenvalue weighted by atomic mass is 10.1. The van der Waals surface area contributed by atoms with Crippen molar-refractivity contribution in [1.82, 2.24) is 4.90 Å². The van der Waals surface area contributed by atoms with Gasteiger partial charge in [-0.1, -0.05) is 36.4 Å². The van der Waals surface area contributed by atoms with E-state index in [2.05, 4.69) is 0 Å². The molecular weight excluding hydrogens is 283 g/mol. The molecule has 1 heterocycles. The van der Waals surface area contributed by atoms with Gasteiger partial charge in [0.15, 0.2) is 0 Å². The zero-order chi connectivity index (χ0) is 15.5. The number of fused-ring (bicyclic) bond motifs is 1. The fraction of sp³-hybridized carbons (Fsp3) is 0.353. The number of likely N-dealkylation sites (tertiary alicyclic amines) is 1. The highest BCUT2D eigenvalue weighted by molar-refractivity contribution is 5.88. The number of nitrogens with two attached hydrogens (primary N) is 1. The summed E-state index contributed by atoms with van der Waals surface area (Å²) in [5.74, 6) is 0.329. The van der Waals surface area contributed by atoms with Gasteiger partial charge in [-0.05, 0) is 11.5 Å². The number of amides is 1. The van der Waals surface area contributed by atoms with Crippen LogP contribution in [0.5, 0.6) is 5.75 Å². The summed E-state index contributed by atoms with van der Waals surface area (Å²) in [4.78, 5) is 13.1. The zero-order valence-corrected chi connectivity index (χ0v) is 12.2. The number of alkyl halides is 1. The highest BCUT2D eigenvalue weighted by atomic mass is 19.1. The van der Waals surface area contributed by atoms with E-state index in [4.69, 9.17) is 10.5 Å². The largest absolute Gasteiger partial charge is 0.492 e. The van der Waals surface area contributed by atoms with Gasteiger partial charge in [-0.2, -0.15) is 0 Å². The Morgan fingerprint density at radius 1 is 1.27 bits per heavy atom. The first-order valence-corrected chi connectivity index (χ1v) is 7.43. The van der Waals surface area contributed by atoms with Gasteiger partial charge in [0, 0.05) is 24.9 Å². The molecule has 116 valence electrons. The Bertz CT molecular complexity index is 671. The van der Waals surface area contributed by atoms with E-state index in [1.54, 1.807) is 4.90 Å². The molecule has 0 unspecified atom stereocenters. The minimum Gasteiger partial charge on any atom is -0.492 e. The topological polar surface area (TPSA) is 55.6 Å². The second-order valence-corrected chi connectivity index (χ2v) is 5.57.